The van der Waals surface area contributed by atoms with Gasteiger partial charge in [0.05, 0.1) is 6.61 Å². The number of hydrogen-bond donors (Lipinski definition) is 1. The second-order valence-corrected chi connectivity index (χ2v) is 4.81. The van der Waals surface area contributed by atoms with Crippen LogP contribution < -0.4 is 5.32 Å². The zero-order chi connectivity index (χ0) is 11.1. The molecule has 1 fully saturated rings. The molecule has 0 bridgehead atoms. The summed E-state index contributed by atoms with van der Waals surface area (Å²) in [7, 11) is 5.99. The Bertz CT molecular complexity index is 158. The molecule has 0 aliphatic heterocycles. The van der Waals surface area contributed by atoms with E-state index in [1.54, 1.807) is 7.11 Å². The normalized spacial score (nSPS) is 20.0. The molecule has 3 heteroatoms. The molecular formula is C12H26N2O. The molecule has 0 amide bonds. The van der Waals surface area contributed by atoms with Crippen LogP contribution in [0.2, 0.25) is 0 Å². The van der Waals surface area contributed by atoms with E-state index in [2.05, 4.69) is 17.3 Å². The largest absolute Gasteiger partial charge is 0.383 e. The van der Waals surface area contributed by atoms with Gasteiger partial charge in [-0.15, -0.1) is 0 Å². The van der Waals surface area contributed by atoms with Gasteiger partial charge in [0, 0.05) is 26.2 Å². The van der Waals surface area contributed by atoms with E-state index in [1.807, 2.05) is 7.05 Å². The lowest BCUT2D eigenvalue weighted by Crippen LogP contribution is -2.41. The molecule has 1 N–H and O–H groups in total. The van der Waals surface area contributed by atoms with Crippen LogP contribution in [0, 0.1) is 5.92 Å². The molecule has 1 aliphatic carbocycles. The second-order valence-electron chi connectivity index (χ2n) is 4.81. The van der Waals surface area contributed by atoms with Crippen LogP contribution in [-0.4, -0.2) is 51.8 Å². The fourth-order valence-electron chi connectivity index (χ4n) is 2.51. The van der Waals surface area contributed by atoms with Gasteiger partial charge in [-0.05, 0) is 32.9 Å². The smallest absolute Gasteiger partial charge is 0.0628 e. The molecule has 0 saturated heterocycles. The predicted molar refractivity (Wildman–Crippen MR) is 64.2 cm³/mol. The Balaban J connectivity index is 2.17. The van der Waals surface area contributed by atoms with Crippen molar-refractivity contribution in [2.75, 3.05) is 40.9 Å². The first-order valence-corrected chi connectivity index (χ1v) is 6.11. The fourth-order valence-corrected chi connectivity index (χ4v) is 2.51. The maximum Gasteiger partial charge on any atom is 0.0628 e. The molecule has 0 aromatic heterocycles. The lowest BCUT2D eigenvalue weighted by molar-refractivity contribution is 0.144. The zero-order valence-electron chi connectivity index (χ0n) is 10.5. The van der Waals surface area contributed by atoms with Crippen LogP contribution in [0.15, 0.2) is 0 Å². The van der Waals surface area contributed by atoms with Gasteiger partial charge < -0.3 is 15.0 Å². The molecule has 1 saturated carbocycles. The van der Waals surface area contributed by atoms with Gasteiger partial charge in [-0.25, -0.2) is 0 Å². The summed E-state index contributed by atoms with van der Waals surface area (Å²) < 4.78 is 5.18. The van der Waals surface area contributed by atoms with E-state index < -0.39 is 0 Å². The summed E-state index contributed by atoms with van der Waals surface area (Å²) in [6.07, 6.45) is 5.73. The summed E-state index contributed by atoms with van der Waals surface area (Å²) in [5.41, 5.74) is 0. The van der Waals surface area contributed by atoms with Crippen LogP contribution in [0.3, 0.4) is 0 Å². The molecule has 0 spiro atoms. The van der Waals surface area contributed by atoms with Crippen molar-refractivity contribution in [1.29, 1.82) is 0 Å². The molecule has 0 aromatic carbocycles. The first-order valence-electron chi connectivity index (χ1n) is 6.11. The summed E-state index contributed by atoms with van der Waals surface area (Å²) in [6, 6.07) is 0.460. The number of likely N-dealkylation sites (N-methyl/N-ethyl adjacent to an activating group) is 2. The summed E-state index contributed by atoms with van der Waals surface area (Å²) in [4.78, 5) is 2.44. The molecule has 1 aliphatic rings. The van der Waals surface area contributed by atoms with Gasteiger partial charge in [0.1, 0.15) is 0 Å². The fraction of sp³-hybridized carbons (Fsp3) is 1.00. The first kappa shape index (κ1) is 12.9. The number of ether oxygens (including phenoxy) is 1. The lowest BCUT2D eigenvalue weighted by atomic mass is 10.1. The monoisotopic (exact) mass is 214 g/mol. The second kappa shape index (κ2) is 7.20. The Morgan fingerprint density at radius 1 is 1.40 bits per heavy atom. The lowest BCUT2D eigenvalue weighted by Gasteiger charge is -2.25. The van der Waals surface area contributed by atoms with Crippen molar-refractivity contribution >= 4 is 0 Å². The van der Waals surface area contributed by atoms with Crippen LogP contribution in [0.5, 0.6) is 0 Å². The highest BCUT2D eigenvalue weighted by Crippen LogP contribution is 2.25. The van der Waals surface area contributed by atoms with E-state index in [1.165, 1.54) is 32.2 Å². The average Bonchev–Trinajstić information content (AvgIpc) is 2.69. The van der Waals surface area contributed by atoms with Crippen molar-refractivity contribution in [1.82, 2.24) is 10.2 Å². The highest BCUT2D eigenvalue weighted by molar-refractivity contribution is 4.73. The first-order chi connectivity index (χ1) is 7.26. The molecule has 3 nitrogen and oxygen atoms in total. The minimum absolute atomic E-state index is 0.460. The highest BCUT2D eigenvalue weighted by Gasteiger charge is 2.18. The summed E-state index contributed by atoms with van der Waals surface area (Å²) in [6.45, 7) is 3.13. The van der Waals surface area contributed by atoms with Crippen LogP contribution in [0.1, 0.15) is 25.7 Å². The predicted octanol–water partition coefficient (Wildman–Crippen LogP) is 1.34. The van der Waals surface area contributed by atoms with Gasteiger partial charge >= 0.3 is 0 Å². The van der Waals surface area contributed by atoms with Crippen molar-refractivity contribution in [3.05, 3.63) is 0 Å². The van der Waals surface area contributed by atoms with Crippen molar-refractivity contribution in [3.63, 3.8) is 0 Å². The number of nitrogens with zero attached hydrogens (tertiary/aromatic N) is 1. The summed E-state index contributed by atoms with van der Waals surface area (Å²) in [5.74, 6) is 0.940. The van der Waals surface area contributed by atoms with E-state index in [-0.39, 0.29) is 0 Å². The molecule has 90 valence electrons. The quantitative estimate of drug-likeness (QED) is 0.692. The Labute approximate surface area is 94.2 Å². The molecule has 1 atom stereocenters. The molecular weight excluding hydrogens is 188 g/mol. The molecule has 1 rings (SSSR count). The molecule has 0 aromatic rings. The van der Waals surface area contributed by atoms with E-state index >= 15 is 0 Å². The highest BCUT2D eigenvalue weighted by atomic mass is 16.5. The number of rotatable bonds is 7. The van der Waals surface area contributed by atoms with Crippen molar-refractivity contribution in [2.45, 2.75) is 31.7 Å². The average molecular weight is 214 g/mol. The third kappa shape index (κ3) is 4.96. The number of nitrogens with one attached hydrogen (secondary N) is 1. The van der Waals surface area contributed by atoms with Gasteiger partial charge in [-0.2, -0.15) is 0 Å². The van der Waals surface area contributed by atoms with Crippen molar-refractivity contribution in [2.24, 2.45) is 5.92 Å². The zero-order valence-corrected chi connectivity index (χ0v) is 10.5. The van der Waals surface area contributed by atoms with Gasteiger partial charge in [-0.1, -0.05) is 12.8 Å². The van der Waals surface area contributed by atoms with Crippen LogP contribution in [-0.2, 0) is 4.74 Å². The third-order valence-electron chi connectivity index (χ3n) is 3.35. The minimum atomic E-state index is 0.460. The maximum atomic E-state index is 5.18. The van der Waals surface area contributed by atoms with Crippen LogP contribution in [0.4, 0.5) is 0 Å². The van der Waals surface area contributed by atoms with Gasteiger partial charge in [-0.3, -0.25) is 0 Å². The topological polar surface area (TPSA) is 24.5 Å². The van der Waals surface area contributed by atoms with Crippen LogP contribution >= 0.6 is 0 Å². The summed E-state index contributed by atoms with van der Waals surface area (Å²) in [5, 5.41) is 3.29. The Morgan fingerprint density at radius 3 is 2.60 bits per heavy atom. The minimum Gasteiger partial charge on any atom is -0.383 e. The molecule has 15 heavy (non-hydrogen) atoms. The van der Waals surface area contributed by atoms with Crippen LogP contribution in [0.25, 0.3) is 0 Å². The number of methoxy groups -OCH3 is 1. The van der Waals surface area contributed by atoms with E-state index in [0.717, 1.165) is 19.1 Å². The Kier molecular flexibility index (Phi) is 6.22. The van der Waals surface area contributed by atoms with Gasteiger partial charge in [0.15, 0.2) is 0 Å². The molecule has 1 unspecified atom stereocenters. The van der Waals surface area contributed by atoms with E-state index in [9.17, 15) is 0 Å². The SMILES string of the molecule is CNC(COC)CN(C)CC1CCCC1. The maximum absolute atomic E-state index is 5.18. The van der Waals surface area contributed by atoms with Crippen molar-refractivity contribution in [3.8, 4) is 0 Å². The number of hydrogen-bond acceptors (Lipinski definition) is 3. The Hall–Kier alpha value is -0.120. The Morgan fingerprint density at radius 2 is 2.07 bits per heavy atom. The molecule has 0 radical (unpaired) electrons. The van der Waals surface area contributed by atoms with E-state index in [0.29, 0.717) is 6.04 Å². The van der Waals surface area contributed by atoms with Crippen molar-refractivity contribution < 1.29 is 4.74 Å². The standard InChI is InChI=1S/C12H26N2O/c1-13-12(10-15-3)9-14(2)8-11-6-4-5-7-11/h11-13H,4-10H2,1-3H3. The summed E-state index contributed by atoms with van der Waals surface area (Å²) >= 11 is 0. The van der Waals surface area contributed by atoms with Gasteiger partial charge in [0.25, 0.3) is 0 Å². The third-order valence-corrected chi connectivity index (χ3v) is 3.35. The van der Waals surface area contributed by atoms with E-state index in [4.69, 9.17) is 4.74 Å². The van der Waals surface area contributed by atoms with Gasteiger partial charge in [0.2, 0.25) is 0 Å². The molecule has 0 heterocycles.